The summed E-state index contributed by atoms with van der Waals surface area (Å²) in [5.41, 5.74) is 0.535. The van der Waals surface area contributed by atoms with Crippen molar-refractivity contribution in [2.24, 2.45) is 5.92 Å². The number of para-hydroxylation sites is 1. The predicted molar refractivity (Wildman–Crippen MR) is 129 cm³/mol. The lowest BCUT2D eigenvalue weighted by Gasteiger charge is -2.32. The van der Waals surface area contributed by atoms with Gasteiger partial charge < -0.3 is 9.64 Å². The van der Waals surface area contributed by atoms with E-state index < -0.39 is 10.0 Å². The van der Waals surface area contributed by atoms with Crippen molar-refractivity contribution in [3.05, 3.63) is 60.2 Å². The van der Waals surface area contributed by atoms with Crippen molar-refractivity contribution in [3.8, 4) is 5.75 Å². The molecule has 1 saturated heterocycles. The van der Waals surface area contributed by atoms with Gasteiger partial charge in [-0.15, -0.1) is 0 Å². The molecule has 0 atom stereocenters. The Bertz CT molecular complexity index is 1010. The van der Waals surface area contributed by atoms with E-state index >= 15 is 0 Å². The van der Waals surface area contributed by atoms with Crippen LogP contribution in [0.4, 0.5) is 0 Å². The van der Waals surface area contributed by atoms with Gasteiger partial charge in [0, 0.05) is 31.7 Å². The van der Waals surface area contributed by atoms with E-state index in [4.69, 9.17) is 4.74 Å². The summed E-state index contributed by atoms with van der Waals surface area (Å²) >= 11 is 0. The van der Waals surface area contributed by atoms with Crippen molar-refractivity contribution in [2.45, 2.75) is 55.9 Å². The minimum absolute atomic E-state index is 0.0398. The van der Waals surface area contributed by atoms with Crippen LogP contribution in [0.25, 0.3) is 0 Å². The molecule has 1 aliphatic heterocycles. The van der Waals surface area contributed by atoms with Crippen LogP contribution in [0.15, 0.2) is 59.5 Å². The largest absolute Gasteiger partial charge is 0.493 e. The van der Waals surface area contributed by atoms with E-state index in [0.717, 1.165) is 44.3 Å². The summed E-state index contributed by atoms with van der Waals surface area (Å²) < 4.78 is 33.5. The molecule has 0 aromatic heterocycles. The molecule has 33 heavy (non-hydrogen) atoms. The van der Waals surface area contributed by atoms with Gasteiger partial charge in [0.2, 0.25) is 10.0 Å². The lowest BCUT2D eigenvalue weighted by atomic mass is 9.96. The molecule has 0 spiro atoms. The number of carbonyl (C=O) groups excluding carboxylic acids is 1. The Hall–Kier alpha value is -2.38. The fraction of sp³-hybridized carbons (Fsp3) is 0.500. The van der Waals surface area contributed by atoms with Crippen LogP contribution >= 0.6 is 0 Å². The molecule has 1 aliphatic carbocycles. The first-order valence-corrected chi connectivity index (χ1v) is 13.4. The maximum absolute atomic E-state index is 13.0. The second-order valence-electron chi connectivity index (χ2n) is 9.20. The summed E-state index contributed by atoms with van der Waals surface area (Å²) in [6.07, 6.45) is 6.96. The molecule has 0 unspecified atom stereocenters. The van der Waals surface area contributed by atoms with Crippen molar-refractivity contribution >= 4 is 15.9 Å². The van der Waals surface area contributed by atoms with Crippen LogP contribution in [0.2, 0.25) is 0 Å². The number of piperidine rings is 1. The third kappa shape index (κ3) is 5.76. The molecule has 178 valence electrons. The molecule has 2 fully saturated rings. The Labute approximate surface area is 197 Å². The molecule has 2 aromatic carbocycles. The second-order valence-corrected chi connectivity index (χ2v) is 11.2. The number of amides is 1. The highest BCUT2D eigenvalue weighted by Crippen LogP contribution is 2.27. The van der Waals surface area contributed by atoms with Gasteiger partial charge in [-0.2, -0.15) is 4.31 Å². The Morgan fingerprint density at radius 3 is 2.21 bits per heavy atom. The topological polar surface area (TPSA) is 66.9 Å². The zero-order chi connectivity index (χ0) is 23.3. The zero-order valence-electron chi connectivity index (χ0n) is 19.4. The van der Waals surface area contributed by atoms with Crippen LogP contribution in [-0.2, 0) is 10.0 Å². The number of sulfonamides is 1. The molecule has 0 N–H and O–H groups in total. The molecule has 7 heteroatoms. The Kier molecular flexibility index (Phi) is 7.71. The number of nitrogens with zero attached hydrogens (tertiary/aromatic N) is 2. The highest BCUT2D eigenvalue weighted by Gasteiger charge is 2.29. The summed E-state index contributed by atoms with van der Waals surface area (Å²) in [7, 11) is -1.87. The van der Waals surface area contributed by atoms with Crippen LogP contribution in [0.3, 0.4) is 0 Å². The molecular formula is C26H34N2O4S. The molecule has 2 aromatic rings. The number of hydrogen-bond acceptors (Lipinski definition) is 4. The van der Waals surface area contributed by atoms with Crippen LogP contribution in [0.5, 0.6) is 5.75 Å². The third-order valence-corrected chi connectivity index (χ3v) is 8.92. The minimum Gasteiger partial charge on any atom is -0.493 e. The molecule has 0 radical (unpaired) electrons. The van der Waals surface area contributed by atoms with Crippen LogP contribution in [0.1, 0.15) is 55.3 Å². The fourth-order valence-corrected chi connectivity index (χ4v) is 6.21. The monoisotopic (exact) mass is 470 g/mol. The van der Waals surface area contributed by atoms with E-state index in [-0.39, 0.29) is 16.8 Å². The molecule has 6 nitrogen and oxygen atoms in total. The van der Waals surface area contributed by atoms with Crippen molar-refractivity contribution < 1.29 is 17.9 Å². The summed E-state index contributed by atoms with van der Waals surface area (Å²) in [5, 5.41) is 0. The molecular weight excluding hydrogens is 436 g/mol. The number of rotatable bonds is 7. The fourth-order valence-electron chi connectivity index (χ4n) is 4.79. The van der Waals surface area contributed by atoms with E-state index in [1.807, 2.05) is 35.2 Å². The van der Waals surface area contributed by atoms with E-state index in [2.05, 4.69) is 0 Å². The SMILES string of the molecule is CN(C1CCCCC1)S(=O)(=O)c1ccc(C(=O)N2CCC(COc3ccccc3)CC2)cc1. The van der Waals surface area contributed by atoms with Gasteiger partial charge in [-0.05, 0) is 68.0 Å². The van der Waals surface area contributed by atoms with E-state index in [0.29, 0.717) is 31.2 Å². The van der Waals surface area contributed by atoms with E-state index in [1.54, 1.807) is 31.3 Å². The average molecular weight is 471 g/mol. The smallest absolute Gasteiger partial charge is 0.253 e. The van der Waals surface area contributed by atoms with Crippen molar-refractivity contribution in [3.63, 3.8) is 0 Å². The van der Waals surface area contributed by atoms with Gasteiger partial charge in [0.1, 0.15) is 5.75 Å². The highest BCUT2D eigenvalue weighted by atomic mass is 32.2. The number of carbonyl (C=O) groups is 1. The summed E-state index contributed by atoms with van der Waals surface area (Å²) in [4.78, 5) is 15.1. The summed E-state index contributed by atoms with van der Waals surface area (Å²) in [6, 6.07) is 16.3. The van der Waals surface area contributed by atoms with Gasteiger partial charge in [-0.1, -0.05) is 37.5 Å². The quantitative estimate of drug-likeness (QED) is 0.595. The standard InChI is InChI=1S/C26H34N2O4S/c1-27(23-8-4-2-5-9-23)33(30,31)25-14-12-22(13-15-25)26(29)28-18-16-21(17-19-28)20-32-24-10-6-3-7-11-24/h3,6-7,10-15,21,23H,2,4-5,8-9,16-20H2,1H3. The van der Waals surface area contributed by atoms with Gasteiger partial charge in [-0.25, -0.2) is 8.42 Å². The molecule has 2 aliphatic rings. The maximum atomic E-state index is 13.0. The first-order valence-electron chi connectivity index (χ1n) is 12.0. The number of hydrogen-bond donors (Lipinski definition) is 0. The predicted octanol–water partition coefficient (Wildman–Crippen LogP) is 4.57. The van der Waals surface area contributed by atoms with E-state index in [1.165, 1.54) is 10.7 Å². The van der Waals surface area contributed by atoms with Gasteiger partial charge in [0.15, 0.2) is 0 Å². The average Bonchev–Trinajstić information content (AvgIpc) is 2.88. The number of benzene rings is 2. The molecule has 4 rings (SSSR count). The highest BCUT2D eigenvalue weighted by molar-refractivity contribution is 7.89. The first kappa shape index (κ1) is 23.8. The van der Waals surface area contributed by atoms with E-state index in [9.17, 15) is 13.2 Å². The van der Waals surface area contributed by atoms with Crippen molar-refractivity contribution in [1.29, 1.82) is 0 Å². The maximum Gasteiger partial charge on any atom is 0.253 e. The van der Waals surface area contributed by atoms with Crippen LogP contribution < -0.4 is 4.74 Å². The lowest BCUT2D eigenvalue weighted by molar-refractivity contribution is 0.0661. The second kappa shape index (κ2) is 10.7. The Morgan fingerprint density at radius 1 is 0.939 bits per heavy atom. The Balaban J connectivity index is 1.31. The number of ether oxygens (including phenoxy) is 1. The molecule has 1 amide bonds. The minimum atomic E-state index is -3.55. The van der Waals surface area contributed by atoms with Crippen molar-refractivity contribution in [2.75, 3.05) is 26.7 Å². The molecule has 1 saturated carbocycles. The number of likely N-dealkylation sites (tertiary alicyclic amines) is 1. The van der Waals surface area contributed by atoms with Gasteiger partial charge in [0.25, 0.3) is 5.91 Å². The van der Waals surface area contributed by atoms with Gasteiger partial charge in [0.05, 0.1) is 11.5 Å². The summed E-state index contributed by atoms with van der Waals surface area (Å²) in [5.74, 6) is 1.26. The van der Waals surface area contributed by atoms with Crippen LogP contribution in [0, 0.1) is 5.92 Å². The third-order valence-electron chi connectivity index (χ3n) is 7.00. The Morgan fingerprint density at radius 2 is 1.58 bits per heavy atom. The molecule has 1 heterocycles. The first-order chi connectivity index (χ1) is 15.9. The summed E-state index contributed by atoms with van der Waals surface area (Å²) in [6.45, 7) is 2.03. The zero-order valence-corrected chi connectivity index (χ0v) is 20.2. The van der Waals surface area contributed by atoms with Gasteiger partial charge >= 0.3 is 0 Å². The van der Waals surface area contributed by atoms with Crippen molar-refractivity contribution in [1.82, 2.24) is 9.21 Å². The lowest BCUT2D eigenvalue weighted by Crippen LogP contribution is -2.40. The molecule has 0 bridgehead atoms. The normalized spacial score (nSPS) is 18.4. The van der Waals surface area contributed by atoms with Gasteiger partial charge in [-0.3, -0.25) is 4.79 Å². The van der Waals surface area contributed by atoms with Crippen LogP contribution in [-0.4, -0.2) is 56.3 Å².